The predicted molar refractivity (Wildman–Crippen MR) is 84.8 cm³/mol. The fraction of sp³-hybridized carbons (Fsp3) is 0.188. The maximum atomic E-state index is 13.3. The highest BCUT2D eigenvalue weighted by Gasteiger charge is 2.14. The van der Waals surface area contributed by atoms with Crippen molar-refractivity contribution >= 4 is 17.3 Å². The summed E-state index contributed by atoms with van der Waals surface area (Å²) in [6.07, 6.45) is 0. The van der Waals surface area contributed by atoms with Crippen molar-refractivity contribution in [1.29, 1.82) is 0 Å². The zero-order chi connectivity index (χ0) is 16.8. The van der Waals surface area contributed by atoms with Gasteiger partial charge in [0.2, 0.25) is 0 Å². The van der Waals surface area contributed by atoms with Crippen LogP contribution in [0.15, 0.2) is 42.5 Å². The van der Waals surface area contributed by atoms with Gasteiger partial charge in [-0.25, -0.2) is 4.39 Å². The maximum absolute atomic E-state index is 13.3. The second-order valence-corrected chi connectivity index (χ2v) is 4.83. The molecule has 0 aliphatic rings. The van der Waals surface area contributed by atoms with Crippen LogP contribution in [0.5, 0.6) is 0 Å². The first-order valence-electron chi connectivity index (χ1n) is 7.06. The van der Waals surface area contributed by atoms with Gasteiger partial charge >= 0.3 is 0 Å². The average Bonchev–Trinajstić information content (AvgIpc) is 2.53. The molecular weight excluding hydrogens is 301 g/mol. The number of hydrogen-bond donors (Lipinski definition) is 2. The van der Waals surface area contributed by atoms with Crippen molar-refractivity contribution in [2.24, 2.45) is 0 Å². The van der Waals surface area contributed by atoms with Crippen molar-refractivity contribution in [2.45, 2.75) is 13.5 Å². The van der Waals surface area contributed by atoms with E-state index in [0.717, 1.165) is 23.8 Å². The van der Waals surface area contributed by atoms with Crippen LogP contribution in [-0.2, 0) is 6.54 Å². The molecule has 0 aromatic heterocycles. The van der Waals surface area contributed by atoms with Crippen molar-refractivity contribution in [2.75, 3.05) is 11.9 Å². The number of anilines is 1. The van der Waals surface area contributed by atoms with Crippen LogP contribution in [0.2, 0.25) is 0 Å². The molecule has 0 spiro atoms. The van der Waals surface area contributed by atoms with Gasteiger partial charge in [-0.15, -0.1) is 0 Å². The summed E-state index contributed by atoms with van der Waals surface area (Å²) in [7, 11) is 0. The SMILES string of the molecule is CCNC(=O)c1cccc(CNc2cc(F)ccc2[N+](=O)[O-])c1. The van der Waals surface area contributed by atoms with Gasteiger partial charge in [-0.2, -0.15) is 0 Å². The number of amides is 1. The lowest BCUT2D eigenvalue weighted by Gasteiger charge is -2.09. The molecule has 0 fully saturated rings. The van der Waals surface area contributed by atoms with E-state index in [2.05, 4.69) is 10.6 Å². The van der Waals surface area contributed by atoms with E-state index in [1.165, 1.54) is 0 Å². The monoisotopic (exact) mass is 317 g/mol. The van der Waals surface area contributed by atoms with Crippen LogP contribution >= 0.6 is 0 Å². The number of carbonyl (C=O) groups is 1. The number of halogens is 1. The maximum Gasteiger partial charge on any atom is 0.292 e. The average molecular weight is 317 g/mol. The minimum atomic E-state index is -0.576. The summed E-state index contributed by atoms with van der Waals surface area (Å²) >= 11 is 0. The van der Waals surface area contributed by atoms with E-state index in [0.29, 0.717) is 12.1 Å². The molecule has 0 saturated heterocycles. The van der Waals surface area contributed by atoms with E-state index in [1.54, 1.807) is 24.3 Å². The van der Waals surface area contributed by atoms with Crippen LogP contribution in [0, 0.1) is 15.9 Å². The number of nitrogens with zero attached hydrogens (tertiary/aromatic N) is 1. The molecule has 6 nitrogen and oxygen atoms in total. The van der Waals surface area contributed by atoms with Gasteiger partial charge in [0.1, 0.15) is 11.5 Å². The normalized spacial score (nSPS) is 10.2. The second-order valence-electron chi connectivity index (χ2n) is 4.83. The zero-order valence-electron chi connectivity index (χ0n) is 12.5. The van der Waals surface area contributed by atoms with Gasteiger partial charge in [0.05, 0.1) is 4.92 Å². The Labute approximate surface area is 132 Å². The van der Waals surface area contributed by atoms with Crippen LogP contribution in [0.25, 0.3) is 0 Å². The lowest BCUT2D eigenvalue weighted by molar-refractivity contribution is -0.384. The Kier molecular flexibility index (Phi) is 5.24. The summed E-state index contributed by atoms with van der Waals surface area (Å²) in [5, 5.41) is 16.5. The molecule has 0 saturated carbocycles. The molecule has 2 aromatic carbocycles. The molecule has 7 heteroatoms. The number of carbonyl (C=O) groups excluding carboxylic acids is 1. The lowest BCUT2D eigenvalue weighted by atomic mass is 10.1. The van der Waals surface area contributed by atoms with Gasteiger partial charge in [-0.1, -0.05) is 12.1 Å². The molecule has 0 heterocycles. The Balaban J connectivity index is 2.15. The first-order chi connectivity index (χ1) is 11.0. The zero-order valence-corrected chi connectivity index (χ0v) is 12.5. The molecular formula is C16H16FN3O3. The molecule has 120 valence electrons. The van der Waals surface area contributed by atoms with E-state index < -0.39 is 10.7 Å². The third-order valence-corrected chi connectivity index (χ3v) is 3.16. The van der Waals surface area contributed by atoms with Crippen molar-refractivity contribution in [1.82, 2.24) is 5.32 Å². The first kappa shape index (κ1) is 16.4. The molecule has 0 radical (unpaired) electrons. The Hall–Kier alpha value is -2.96. The van der Waals surface area contributed by atoms with E-state index >= 15 is 0 Å². The standard InChI is InChI=1S/C16H16FN3O3/c1-2-18-16(21)12-5-3-4-11(8-12)10-19-14-9-13(17)6-7-15(14)20(22)23/h3-9,19H,2,10H2,1H3,(H,18,21). The molecule has 0 aliphatic heterocycles. The fourth-order valence-electron chi connectivity index (χ4n) is 2.09. The summed E-state index contributed by atoms with van der Waals surface area (Å²) in [5.41, 5.74) is 1.15. The molecule has 0 atom stereocenters. The smallest absolute Gasteiger partial charge is 0.292 e. The Morgan fingerprint density at radius 1 is 1.26 bits per heavy atom. The van der Waals surface area contributed by atoms with Gasteiger partial charge in [-0.05, 0) is 30.7 Å². The molecule has 0 unspecified atom stereocenters. The molecule has 2 rings (SSSR count). The number of hydrogen-bond acceptors (Lipinski definition) is 4. The van der Waals surface area contributed by atoms with Gasteiger partial charge in [0.15, 0.2) is 0 Å². The van der Waals surface area contributed by atoms with Crippen molar-refractivity contribution < 1.29 is 14.1 Å². The third kappa shape index (κ3) is 4.26. The van der Waals surface area contributed by atoms with Gasteiger partial charge in [0.25, 0.3) is 11.6 Å². The molecule has 1 amide bonds. The molecule has 0 bridgehead atoms. The second kappa shape index (κ2) is 7.35. The van der Waals surface area contributed by atoms with Crippen molar-refractivity contribution in [3.63, 3.8) is 0 Å². The Morgan fingerprint density at radius 3 is 2.74 bits per heavy atom. The third-order valence-electron chi connectivity index (χ3n) is 3.16. The summed E-state index contributed by atoms with van der Waals surface area (Å²) in [5.74, 6) is -0.750. The van der Waals surface area contributed by atoms with E-state index in [4.69, 9.17) is 0 Å². The highest BCUT2D eigenvalue weighted by atomic mass is 19.1. The first-order valence-corrected chi connectivity index (χ1v) is 7.06. The highest BCUT2D eigenvalue weighted by molar-refractivity contribution is 5.94. The molecule has 0 aliphatic carbocycles. The van der Waals surface area contributed by atoms with Crippen molar-refractivity contribution in [3.8, 4) is 0 Å². The summed E-state index contributed by atoms with van der Waals surface area (Å²) in [6, 6.07) is 10.1. The Morgan fingerprint density at radius 2 is 2.04 bits per heavy atom. The largest absolute Gasteiger partial charge is 0.375 e. The number of benzene rings is 2. The Bertz CT molecular complexity index is 734. The van der Waals surface area contributed by atoms with Gasteiger partial charge in [-0.3, -0.25) is 14.9 Å². The molecule has 2 N–H and O–H groups in total. The van der Waals surface area contributed by atoms with Crippen molar-refractivity contribution in [3.05, 3.63) is 69.5 Å². The minimum absolute atomic E-state index is 0.0958. The van der Waals surface area contributed by atoms with Gasteiger partial charge in [0, 0.05) is 30.8 Å². The lowest BCUT2D eigenvalue weighted by Crippen LogP contribution is -2.22. The molecule has 23 heavy (non-hydrogen) atoms. The number of nitro groups is 1. The number of rotatable bonds is 6. The van der Waals surface area contributed by atoms with Crippen LogP contribution in [0.4, 0.5) is 15.8 Å². The van der Waals surface area contributed by atoms with E-state index in [9.17, 15) is 19.3 Å². The number of nitro benzene ring substituents is 1. The topological polar surface area (TPSA) is 84.3 Å². The van der Waals surface area contributed by atoms with Gasteiger partial charge < -0.3 is 10.6 Å². The summed E-state index contributed by atoms with van der Waals surface area (Å²) in [6.45, 7) is 2.58. The van der Waals surface area contributed by atoms with E-state index in [-0.39, 0.29) is 23.8 Å². The van der Waals surface area contributed by atoms with E-state index in [1.807, 2.05) is 6.92 Å². The minimum Gasteiger partial charge on any atom is -0.375 e. The predicted octanol–water partition coefficient (Wildman–Crippen LogP) is 3.10. The highest BCUT2D eigenvalue weighted by Crippen LogP contribution is 2.25. The molecule has 2 aromatic rings. The summed E-state index contributed by atoms with van der Waals surface area (Å²) < 4.78 is 13.3. The van der Waals surface area contributed by atoms with Crippen LogP contribution in [0.3, 0.4) is 0 Å². The van der Waals surface area contributed by atoms with Crippen LogP contribution in [0.1, 0.15) is 22.8 Å². The number of nitrogens with one attached hydrogen (secondary N) is 2. The summed E-state index contributed by atoms with van der Waals surface area (Å²) in [4.78, 5) is 22.2. The van der Waals surface area contributed by atoms with Crippen LogP contribution < -0.4 is 10.6 Å². The quantitative estimate of drug-likeness (QED) is 0.633. The van der Waals surface area contributed by atoms with Crippen LogP contribution in [-0.4, -0.2) is 17.4 Å². The fourth-order valence-corrected chi connectivity index (χ4v) is 2.09.